The molecular weight excluding hydrogens is 264 g/mol. The Morgan fingerprint density at radius 2 is 2.05 bits per heavy atom. The summed E-state index contributed by atoms with van der Waals surface area (Å²) in [4.78, 5) is 15.3. The van der Waals surface area contributed by atoms with Crippen LogP contribution in [0.1, 0.15) is 15.9 Å². The highest BCUT2D eigenvalue weighted by molar-refractivity contribution is 5.99. The number of ether oxygens (including phenoxy) is 1. The van der Waals surface area contributed by atoms with E-state index in [1.165, 1.54) is 0 Å². The minimum Gasteiger partial charge on any atom is -0.488 e. The molecule has 1 amide bonds. The molecule has 0 unspecified atom stereocenters. The van der Waals surface area contributed by atoms with Crippen molar-refractivity contribution in [2.45, 2.75) is 6.61 Å². The number of amides is 1. The van der Waals surface area contributed by atoms with Crippen LogP contribution in [0.15, 0.2) is 60.9 Å². The lowest BCUT2D eigenvalue weighted by Gasteiger charge is -2.10. The standard InChI is InChI=1S/C17H14N2O2/c18-17(20)14-6-7-15-13(9-14)4-1-5-16(15)21-11-12-3-2-8-19-10-12/h1-10H,11H2,(H2,18,20). The van der Waals surface area contributed by atoms with Crippen molar-refractivity contribution in [2.24, 2.45) is 5.73 Å². The van der Waals surface area contributed by atoms with E-state index in [0.29, 0.717) is 12.2 Å². The SMILES string of the molecule is NC(=O)c1ccc2c(OCc3cccnc3)cccc2c1. The Labute approximate surface area is 122 Å². The van der Waals surface area contributed by atoms with Crippen LogP contribution in [0.25, 0.3) is 10.8 Å². The first-order valence-corrected chi connectivity index (χ1v) is 6.58. The fourth-order valence-electron chi connectivity index (χ4n) is 2.18. The van der Waals surface area contributed by atoms with E-state index in [1.54, 1.807) is 24.5 Å². The molecule has 0 aliphatic heterocycles. The second-order valence-corrected chi connectivity index (χ2v) is 4.71. The van der Waals surface area contributed by atoms with Gasteiger partial charge < -0.3 is 10.5 Å². The fraction of sp³-hybridized carbons (Fsp3) is 0.0588. The number of fused-ring (bicyclic) bond motifs is 1. The largest absolute Gasteiger partial charge is 0.488 e. The zero-order chi connectivity index (χ0) is 14.7. The van der Waals surface area contributed by atoms with Crippen LogP contribution in [0.2, 0.25) is 0 Å². The van der Waals surface area contributed by atoms with Crippen LogP contribution in [-0.2, 0) is 6.61 Å². The predicted molar refractivity (Wildman–Crippen MR) is 81.0 cm³/mol. The molecule has 0 spiro atoms. The van der Waals surface area contributed by atoms with Crippen molar-refractivity contribution >= 4 is 16.7 Å². The van der Waals surface area contributed by atoms with Crippen molar-refractivity contribution in [3.63, 3.8) is 0 Å². The average molecular weight is 278 g/mol. The summed E-state index contributed by atoms with van der Waals surface area (Å²) in [5.74, 6) is 0.339. The van der Waals surface area contributed by atoms with Crippen molar-refractivity contribution in [1.29, 1.82) is 0 Å². The van der Waals surface area contributed by atoms with Crippen LogP contribution in [0, 0.1) is 0 Å². The Morgan fingerprint density at radius 3 is 2.81 bits per heavy atom. The third-order valence-electron chi connectivity index (χ3n) is 3.24. The van der Waals surface area contributed by atoms with Crippen LogP contribution in [-0.4, -0.2) is 10.9 Å². The Hall–Kier alpha value is -2.88. The second kappa shape index (κ2) is 5.63. The molecular formula is C17H14N2O2. The van der Waals surface area contributed by atoms with Crippen molar-refractivity contribution < 1.29 is 9.53 Å². The number of benzene rings is 2. The molecule has 4 nitrogen and oxygen atoms in total. The number of carbonyl (C=O) groups excluding carboxylic acids is 1. The lowest BCUT2D eigenvalue weighted by atomic mass is 10.1. The molecule has 4 heteroatoms. The van der Waals surface area contributed by atoms with E-state index >= 15 is 0 Å². The van der Waals surface area contributed by atoms with E-state index in [-0.39, 0.29) is 0 Å². The highest BCUT2D eigenvalue weighted by Gasteiger charge is 2.06. The molecule has 0 radical (unpaired) electrons. The third kappa shape index (κ3) is 2.84. The number of primary amides is 1. The predicted octanol–water partition coefficient (Wildman–Crippen LogP) is 2.91. The van der Waals surface area contributed by atoms with Crippen LogP contribution >= 0.6 is 0 Å². The molecule has 1 aromatic heterocycles. The first-order valence-electron chi connectivity index (χ1n) is 6.58. The summed E-state index contributed by atoms with van der Waals surface area (Å²) in [6.07, 6.45) is 3.50. The monoisotopic (exact) mass is 278 g/mol. The summed E-state index contributed by atoms with van der Waals surface area (Å²) in [5, 5.41) is 1.88. The van der Waals surface area contributed by atoms with Crippen molar-refractivity contribution in [1.82, 2.24) is 4.98 Å². The number of hydrogen-bond donors (Lipinski definition) is 1. The van der Waals surface area contributed by atoms with Gasteiger partial charge in [0.25, 0.3) is 0 Å². The zero-order valence-electron chi connectivity index (χ0n) is 11.3. The van der Waals surface area contributed by atoms with E-state index in [0.717, 1.165) is 22.1 Å². The van der Waals surface area contributed by atoms with Crippen molar-refractivity contribution in [2.75, 3.05) is 0 Å². The van der Waals surface area contributed by atoms with Gasteiger partial charge in [-0.05, 0) is 35.7 Å². The summed E-state index contributed by atoms with van der Waals surface area (Å²) in [6, 6.07) is 14.9. The number of rotatable bonds is 4. The molecule has 3 rings (SSSR count). The summed E-state index contributed by atoms with van der Waals surface area (Å²) < 4.78 is 5.85. The van der Waals surface area contributed by atoms with Crippen LogP contribution in [0.4, 0.5) is 0 Å². The first kappa shape index (κ1) is 13.1. The average Bonchev–Trinajstić information content (AvgIpc) is 2.53. The maximum Gasteiger partial charge on any atom is 0.248 e. The van der Waals surface area contributed by atoms with Crippen molar-refractivity contribution in [3.8, 4) is 5.75 Å². The van der Waals surface area contributed by atoms with Gasteiger partial charge in [-0.15, -0.1) is 0 Å². The molecule has 0 atom stereocenters. The van der Waals surface area contributed by atoms with Gasteiger partial charge in [0.1, 0.15) is 12.4 Å². The third-order valence-corrected chi connectivity index (χ3v) is 3.24. The minimum absolute atomic E-state index is 0.432. The van der Waals surface area contributed by atoms with E-state index in [4.69, 9.17) is 10.5 Å². The molecule has 21 heavy (non-hydrogen) atoms. The Kier molecular flexibility index (Phi) is 3.51. The van der Waals surface area contributed by atoms with Gasteiger partial charge >= 0.3 is 0 Å². The van der Waals surface area contributed by atoms with Gasteiger partial charge in [-0.25, -0.2) is 0 Å². The number of nitrogens with two attached hydrogens (primary N) is 1. The highest BCUT2D eigenvalue weighted by atomic mass is 16.5. The maximum absolute atomic E-state index is 11.2. The quantitative estimate of drug-likeness (QED) is 0.798. The summed E-state index contributed by atoms with van der Waals surface area (Å²) in [6.45, 7) is 0.449. The Morgan fingerprint density at radius 1 is 1.14 bits per heavy atom. The molecule has 0 fully saturated rings. The lowest BCUT2D eigenvalue weighted by molar-refractivity contribution is 0.100. The van der Waals surface area contributed by atoms with Crippen molar-refractivity contribution in [3.05, 3.63) is 72.1 Å². The van der Waals surface area contributed by atoms with Gasteiger partial charge in [-0.3, -0.25) is 9.78 Å². The van der Waals surface area contributed by atoms with Gasteiger partial charge in [0.05, 0.1) is 0 Å². The van der Waals surface area contributed by atoms with Crippen LogP contribution < -0.4 is 10.5 Å². The Bertz CT molecular complexity index is 785. The lowest BCUT2D eigenvalue weighted by Crippen LogP contribution is -2.10. The molecule has 0 bridgehead atoms. The molecule has 3 aromatic rings. The minimum atomic E-state index is -0.432. The van der Waals surface area contributed by atoms with Crippen LogP contribution in [0.5, 0.6) is 5.75 Å². The van der Waals surface area contributed by atoms with Gasteiger partial charge in [0.2, 0.25) is 5.91 Å². The topological polar surface area (TPSA) is 65.2 Å². The number of carbonyl (C=O) groups is 1. The van der Waals surface area contributed by atoms with Crippen LogP contribution in [0.3, 0.4) is 0 Å². The molecule has 104 valence electrons. The summed E-state index contributed by atoms with van der Waals surface area (Å²) in [5.41, 5.74) is 6.80. The molecule has 2 N–H and O–H groups in total. The van der Waals surface area contributed by atoms with Gasteiger partial charge in [-0.1, -0.05) is 18.2 Å². The van der Waals surface area contributed by atoms with Gasteiger partial charge in [0, 0.05) is 28.9 Å². The van der Waals surface area contributed by atoms with E-state index in [2.05, 4.69) is 4.98 Å². The molecule has 2 aromatic carbocycles. The smallest absolute Gasteiger partial charge is 0.248 e. The molecule has 0 saturated heterocycles. The zero-order valence-corrected chi connectivity index (χ0v) is 11.3. The normalized spacial score (nSPS) is 10.5. The molecule has 0 aliphatic carbocycles. The van der Waals surface area contributed by atoms with E-state index in [1.807, 2.05) is 36.4 Å². The highest BCUT2D eigenvalue weighted by Crippen LogP contribution is 2.27. The van der Waals surface area contributed by atoms with E-state index < -0.39 is 5.91 Å². The molecule has 0 saturated carbocycles. The number of pyridine rings is 1. The summed E-state index contributed by atoms with van der Waals surface area (Å²) in [7, 11) is 0. The second-order valence-electron chi connectivity index (χ2n) is 4.71. The number of nitrogens with zero attached hydrogens (tertiary/aromatic N) is 1. The van der Waals surface area contributed by atoms with Gasteiger partial charge in [-0.2, -0.15) is 0 Å². The molecule has 1 heterocycles. The van der Waals surface area contributed by atoms with Gasteiger partial charge in [0.15, 0.2) is 0 Å². The molecule has 0 aliphatic rings. The Balaban J connectivity index is 1.90. The summed E-state index contributed by atoms with van der Waals surface area (Å²) >= 11 is 0. The maximum atomic E-state index is 11.2. The number of hydrogen-bond acceptors (Lipinski definition) is 3. The number of aromatic nitrogens is 1. The van der Waals surface area contributed by atoms with E-state index in [9.17, 15) is 4.79 Å². The first-order chi connectivity index (χ1) is 10.2. The fourth-order valence-corrected chi connectivity index (χ4v) is 2.18.